The van der Waals surface area contributed by atoms with E-state index in [0.29, 0.717) is 5.92 Å². The maximum atomic E-state index is 4.24. The largest absolute Gasteiger partial charge is 0.378 e. The SMILES string of the molecule is CNc1scnc1C(C)C. The highest BCUT2D eigenvalue weighted by molar-refractivity contribution is 7.14. The molecule has 0 atom stereocenters. The highest BCUT2D eigenvalue weighted by Gasteiger charge is 2.06. The molecule has 0 aliphatic heterocycles. The molecule has 2 nitrogen and oxygen atoms in total. The van der Waals surface area contributed by atoms with Gasteiger partial charge in [-0.25, -0.2) is 4.98 Å². The first kappa shape index (κ1) is 7.54. The highest BCUT2D eigenvalue weighted by atomic mass is 32.1. The fourth-order valence-electron chi connectivity index (χ4n) is 0.853. The molecule has 0 unspecified atom stereocenters. The van der Waals surface area contributed by atoms with E-state index in [9.17, 15) is 0 Å². The summed E-state index contributed by atoms with van der Waals surface area (Å²) < 4.78 is 0. The van der Waals surface area contributed by atoms with Crippen molar-refractivity contribution in [3.8, 4) is 0 Å². The van der Waals surface area contributed by atoms with Crippen LogP contribution in [-0.4, -0.2) is 12.0 Å². The minimum atomic E-state index is 0.522. The number of rotatable bonds is 2. The van der Waals surface area contributed by atoms with E-state index in [-0.39, 0.29) is 0 Å². The fourth-order valence-corrected chi connectivity index (χ4v) is 1.65. The van der Waals surface area contributed by atoms with Crippen LogP contribution in [0.15, 0.2) is 5.51 Å². The Bertz CT molecular complexity index is 205. The van der Waals surface area contributed by atoms with Gasteiger partial charge in [-0.1, -0.05) is 13.8 Å². The molecule has 0 aliphatic rings. The van der Waals surface area contributed by atoms with Crippen LogP contribution in [0.5, 0.6) is 0 Å². The number of aromatic nitrogens is 1. The topological polar surface area (TPSA) is 24.9 Å². The number of hydrogen-bond acceptors (Lipinski definition) is 3. The second-order valence-corrected chi connectivity index (χ2v) is 3.33. The van der Waals surface area contributed by atoms with Crippen LogP contribution in [0, 0.1) is 0 Å². The number of nitrogens with zero attached hydrogens (tertiary/aromatic N) is 1. The molecule has 10 heavy (non-hydrogen) atoms. The van der Waals surface area contributed by atoms with E-state index in [1.165, 1.54) is 10.7 Å². The summed E-state index contributed by atoms with van der Waals surface area (Å²) >= 11 is 1.66. The molecule has 1 heterocycles. The molecule has 0 radical (unpaired) electrons. The Morgan fingerprint density at radius 1 is 1.60 bits per heavy atom. The summed E-state index contributed by atoms with van der Waals surface area (Å²) in [6.07, 6.45) is 0. The zero-order valence-corrected chi connectivity index (χ0v) is 7.33. The first-order valence-corrected chi connectivity index (χ1v) is 4.24. The van der Waals surface area contributed by atoms with Crippen LogP contribution in [0.4, 0.5) is 5.00 Å². The first-order chi connectivity index (χ1) is 4.75. The Hall–Kier alpha value is -0.570. The maximum absolute atomic E-state index is 4.24. The van der Waals surface area contributed by atoms with Crippen molar-refractivity contribution in [1.29, 1.82) is 0 Å². The van der Waals surface area contributed by atoms with Crippen LogP contribution in [0.25, 0.3) is 0 Å². The molecule has 0 aliphatic carbocycles. The normalized spacial score (nSPS) is 10.4. The van der Waals surface area contributed by atoms with Crippen molar-refractivity contribution in [3.63, 3.8) is 0 Å². The van der Waals surface area contributed by atoms with Crippen LogP contribution in [0.3, 0.4) is 0 Å². The van der Waals surface area contributed by atoms with Gasteiger partial charge in [0.25, 0.3) is 0 Å². The van der Waals surface area contributed by atoms with E-state index in [1.54, 1.807) is 11.3 Å². The van der Waals surface area contributed by atoms with Crippen molar-refractivity contribution < 1.29 is 0 Å². The molecule has 0 aromatic carbocycles. The molecule has 0 saturated heterocycles. The monoisotopic (exact) mass is 156 g/mol. The van der Waals surface area contributed by atoms with Crippen molar-refractivity contribution in [2.75, 3.05) is 12.4 Å². The minimum Gasteiger partial charge on any atom is -0.378 e. The predicted molar refractivity (Wildman–Crippen MR) is 45.7 cm³/mol. The Labute approximate surface area is 65.3 Å². The quantitative estimate of drug-likeness (QED) is 0.710. The predicted octanol–water partition coefficient (Wildman–Crippen LogP) is 2.31. The third-order valence-corrected chi connectivity index (χ3v) is 2.23. The smallest absolute Gasteiger partial charge is 0.112 e. The third kappa shape index (κ3) is 1.29. The van der Waals surface area contributed by atoms with Crippen molar-refractivity contribution in [2.24, 2.45) is 0 Å². The van der Waals surface area contributed by atoms with Crippen molar-refractivity contribution in [3.05, 3.63) is 11.2 Å². The molecule has 1 aromatic heterocycles. The number of anilines is 1. The number of thiazole rings is 1. The summed E-state index contributed by atoms with van der Waals surface area (Å²) in [5.41, 5.74) is 3.05. The van der Waals surface area contributed by atoms with Gasteiger partial charge in [-0.3, -0.25) is 0 Å². The molecule has 0 bridgehead atoms. The van der Waals surface area contributed by atoms with Gasteiger partial charge in [-0.05, 0) is 5.92 Å². The van der Waals surface area contributed by atoms with E-state index in [1.807, 2.05) is 12.6 Å². The Morgan fingerprint density at radius 3 is 2.70 bits per heavy atom. The lowest BCUT2D eigenvalue weighted by Crippen LogP contribution is -1.93. The Morgan fingerprint density at radius 2 is 2.30 bits per heavy atom. The Balaban J connectivity index is 2.90. The molecule has 1 rings (SSSR count). The summed E-state index contributed by atoms with van der Waals surface area (Å²) in [6, 6.07) is 0. The van der Waals surface area contributed by atoms with E-state index in [0.717, 1.165) is 0 Å². The molecular weight excluding hydrogens is 144 g/mol. The summed E-state index contributed by atoms with van der Waals surface area (Å²) in [4.78, 5) is 4.24. The van der Waals surface area contributed by atoms with Gasteiger partial charge < -0.3 is 5.32 Å². The van der Waals surface area contributed by atoms with Crippen LogP contribution >= 0.6 is 11.3 Å². The van der Waals surface area contributed by atoms with Crippen molar-refractivity contribution in [2.45, 2.75) is 19.8 Å². The van der Waals surface area contributed by atoms with E-state index in [2.05, 4.69) is 24.1 Å². The lowest BCUT2D eigenvalue weighted by atomic mass is 10.1. The van der Waals surface area contributed by atoms with Crippen molar-refractivity contribution >= 4 is 16.3 Å². The van der Waals surface area contributed by atoms with Gasteiger partial charge in [0.15, 0.2) is 0 Å². The zero-order valence-electron chi connectivity index (χ0n) is 6.51. The van der Waals surface area contributed by atoms with Gasteiger partial charge in [-0.15, -0.1) is 11.3 Å². The molecule has 1 aromatic rings. The van der Waals surface area contributed by atoms with E-state index in [4.69, 9.17) is 0 Å². The minimum absolute atomic E-state index is 0.522. The number of nitrogens with one attached hydrogen (secondary N) is 1. The van der Waals surface area contributed by atoms with Crippen LogP contribution in [0.1, 0.15) is 25.5 Å². The van der Waals surface area contributed by atoms with Crippen LogP contribution < -0.4 is 5.32 Å². The van der Waals surface area contributed by atoms with Crippen LogP contribution in [-0.2, 0) is 0 Å². The third-order valence-electron chi connectivity index (χ3n) is 1.37. The molecule has 0 saturated carbocycles. The van der Waals surface area contributed by atoms with Gasteiger partial charge in [0.1, 0.15) is 5.00 Å². The molecule has 56 valence electrons. The molecule has 0 fully saturated rings. The number of hydrogen-bond donors (Lipinski definition) is 1. The van der Waals surface area contributed by atoms with Gasteiger partial charge >= 0.3 is 0 Å². The summed E-state index contributed by atoms with van der Waals surface area (Å²) in [6.45, 7) is 4.30. The second-order valence-electron chi connectivity index (χ2n) is 2.47. The highest BCUT2D eigenvalue weighted by Crippen LogP contribution is 2.25. The summed E-state index contributed by atoms with van der Waals surface area (Å²) in [5.74, 6) is 0.522. The Kier molecular flexibility index (Phi) is 2.27. The van der Waals surface area contributed by atoms with Crippen molar-refractivity contribution in [1.82, 2.24) is 4.98 Å². The summed E-state index contributed by atoms with van der Waals surface area (Å²) in [7, 11) is 1.93. The first-order valence-electron chi connectivity index (χ1n) is 3.37. The molecular formula is C7H12N2S. The summed E-state index contributed by atoms with van der Waals surface area (Å²) in [5, 5.41) is 4.30. The van der Waals surface area contributed by atoms with Crippen LogP contribution in [0.2, 0.25) is 0 Å². The maximum Gasteiger partial charge on any atom is 0.112 e. The lowest BCUT2D eigenvalue weighted by molar-refractivity contribution is 0.835. The van der Waals surface area contributed by atoms with Gasteiger partial charge in [0.2, 0.25) is 0 Å². The average molecular weight is 156 g/mol. The van der Waals surface area contributed by atoms with E-state index < -0.39 is 0 Å². The molecule has 0 spiro atoms. The van der Waals surface area contributed by atoms with Gasteiger partial charge in [0.05, 0.1) is 11.2 Å². The molecule has 0 amide bonds. The second kappa shape index (κ2) is 3.01. The van der Waals surface area contributed by atoms with E-state index >= 15 is 0 Å². The van der Waals surface area contributed by atoms with Gasteiger partial charge in [0, 0.05) is 7.05 Å². The standard InChI is InChI=1S/C7H12N2S/c1-5(2)6-7(8-3)10-4-9-6/h4-5,8H,1-3H3. The average Bonchev–Trinajstić information content (AvgIpc) is 2.33. The lowest BCUT2D eigenvalue weighted by Gasteiger charge is -2.02. The molecule has 3 heteroatoms. The fraction of sp³-hybridized carbons (Fsp3) is 0.571. The molecule has 1 N–H and O–H groups in total. The zero-order chi connectivity index (χ0) is 7.56. The van der Waals surface area contributed by atoms with Gasteiger partial charge in [-0.2, -0.15) is 0 Å².